The van der Waals surface area contributed by atoms with Crippen molar-refractivity contribution in [3.05, 3.63) is 75.8 Å². The second-order valence-electron chi connectivity index (χ2n) is 6.68. The lowest BCUT2D eigenvalue weighted by Gasteiger charge is -2.10. The first-order chi connectivity index (χ1) is 14.8. The van der Waals surface area contributed by atoms with Crippen molar-refractivity contribution in [1.82, 2.24) is 4.68 Å². The molecule has 0 radical (unpaired) electrons. The molecule has 8 heteroatoms. The first kappa shape index (κ1) is 21.9. The van der Waals surface area contributed by atoms with Crippen LogP contribution in [0.5, 0.6) is 0 Å². The number of nitriles is 1. The maximum atomic E-state index is 12.5. The van der Waals surface area contributed by atoms with E-state index in [2.05, 4.69) is 5.43 Å². The number of benzene rings is 1. The van der Waals surface area contributed by atoms with Crippen molar-refractivity contribution < 1.29 is 18.7 Å². The zero-order valence-electron chi connectivity index (χ0n) is 17.2. The van der Waals surface area contributed by atoms with Gasteiger partial charge in [0.15, 0.2) is 0 Å². The molecule has 2 heterocycles. The van der Waals surface area contributed by atoms with Crippen molar-refractivity contribution in [3.63, 3.8) is 0 Å². The van der Waals surface area contributed by atoms with Crippen LogP contribution in [0.4, 0.5) is 0 Å². The molecule has 2 aromatic heterocycles. The Hall–Kier alpha value is -3.76. The summed E-state index contributed by atoms with van der Waals surface area (Å²) in [6.07, 6.45) is 1.36. The van der Waals surface area contributed by atoms with Crippen LogP contribution in [0.2, 0.25) is 5.02 Å². The molecule has 0 spiro atoms. The van der Waals surface area contributed by atoms with Crippen molar-refractivity contribution in [2.24, 2.45) is 0 Å². The van der Waals surface area contributed by atoms with E-state index in [4.69, 9.17) is 20.8 Å². The average molecular weight is 438 g/mol. The standard InChI is InChI=1S/C23H20ClN3O4/c1-4-30-23(29)19-12-16(7-9-20(19)24)21-10-8-18(31-21)11-17(13-25)22(28)26-27-14(2)5-6-15(27)3/h5-12H,4H2,1-3H3,(H,26,28)/b17-11-. The lowest BCUT2D eigenvalue weighted by atomic mass is 10.1. The fourth-order valence-corrected chi connectivity index (χ4v) is 3.12. The number of esters is 1. The number of nitrogens with zero attached hydrogens (tertiary/aromatic N) is 2. The van der Waals surface area contributed by atoms with Gasteiger partial charge in [-0.2, -0.15) is 5.26 Å². The minimum absolute atomic E-state index is 0.114. The Morgan fingerprint density at radius 2 is 1.90 bits per heavy atom. The number of nitrogens with one attached hydrogen (secondary N) is 1. The fraction of sp³-hybridized carbons (Fsp3) is 0.174. The number of halogens is 1. The highest BCUT2D eigenvalue weighted by Crippen LogP contribution is 2.28. The van der Waals surface area contributed by atoms with Crippen LogP contribution in [0.1, 0.15) is 34.4 Å². The number of aromatic nitrogens is 1. The van der Waals surface area contributed by atoms with Crippen molar-refractivity contribution in [1.29, 1.82) is 5.26 Å². The van der Waals surface area contributed by atoms with Crippen LogP contribution < -0.4 is 5.43 Å². The van der Waals surface area contributed by atoms with Crippen LogP contribution in [0.3, 0.4) is 0 Å². The van der Waals surface area contributed by atoms with Crippen molar-refractivity contribution in [2.45, 2.75) is 20.8 Å². The summed E-state index contributed by atoms with van der Waals surface area (Å²) in [5.41, 5.74) is 5.08. The first-order valence-corrected chi connectivity index (χ1v) is 9.86. The summed E-state index contributed by atoms with van der Waals surface area (Å²) < 4.78 is 12.4. The highest BCUT2D eigenvalue weighted by Gasteiger charge is 2.16. The van der Waals surface area contributed by atoms with Crippen LogP contribution in [-0.2, 0) is 9.53 Å². The van der Waals surface area contributed by atoms with Gasteiger partial charge in [-0.3, -0.25) is 14.9 Å². The van der Waals surface area contributed by atoms with Gasteiger partial charge < -0.3 is 9.15 Å². The zero-order chi connectivity index (χ0) is 22.5. The smallest absolute Gasteiger partial charge is 0.339 e. The predicted octanol–water partition coefficient (Wildman–Crippen LogP) is 4.87. The Kier molecular flexibility index (Phi) is 6.63. The van der Waals surface area contributed by atoms with Crippen LogP contribution in [0.15, 0.2) is 52.5 Å². The highest BCUT2D eigenvalue weighted by atomic mass is 35.5. The van der Waals surface area contributed by atoms with Crippen molar-refractivity contribution in [3.8, 4) is 17.4 Å². The molecule has 0 aliphatic heterocycles. The summed E-state index contributed by atoms with van der Waals surface area (Å²) in [4.78, 5) is 24.6. The van der Waals surface area contributed by atoms with E-state index < -0.39 is 11.9 Å². The van der Waals surface area contributed by atoms with Gasteiger partial charge in [0.05, 0.1) is 17.2 Å². The van der Waals surface area contributed by atoms with Crippen molar-refractivity contribution in [2.75, 3.05) is 12.0 Å². The van der Waals surface area contributed by atoms with E-state index in [1.165, 1.54) is 6.08 Å². The van der Waals surface area contributed by atoms with E-state index in [1.807, 2.05) is 32.0 Å². The Morgan fingerprint density at radius 1 is 1.19 bits per heavy atom. The van der Waals surface area contributed by atoms with Gasteiger partial charge in [0.2, 0.25) is 0 Å². The molecule has 0 unspecified atom stereocenters. The van der Waals surface area contributed by atoms with E-state index in [9.17, 15) is 14.9 Å². The third kappa shape index (κ3) is 4.87. The molecule has 0 fully saturated rings. The minimum atomic E-state index is -0.557. The summed E-state index contributed by atoms with van der Waals surface area (Å²) >= 11 is 6.10. The zero-order valence-corrected chi connectivity index (χ0v) is 18.0. The number of furan rings is 1. The Morgan fingerprint density at radius 3 is 2.55 bits per heavy atom. The van der Waals surface area contributed by atoms with Crippen molar-refractivity contribution >= 4 is 29.6 Å². The summed E-state index contributed by atoms with van der Waals surface area (Å²) in [6, 6.07) is 13.8. The first-order valence-electron chi connectivity index (χ1n) is 9.49. The molecule has 7 nitrogen and oxygen atoms in total. The molecule has 0 bridgehead atoms. The van der Waals surface area contributed by atoms with E-state index in [1.54, 1.807) is 41.9 Å². The van der Waals surface area contributed by atoms with Gasteiger partial charge in [0.1, 0.15) is 23.2 Å². The maximum Gasteiger partial charge on any atom is 0.339 e. The van der Waals surface area contributed by atoms with Crippen LogP contribution >= 0.6 is 11.6 Å². The Labute approximate surface area is 184 Å². The number of hydrogen-bond acceptors (Lipinski definition) is 5. The number of hydrogen-bond donors (Lipinski definition) is 1. The molecule has 0 aliphatic rings. The predicted molar refractivity (Wildman–Crippen MR) is 117 cm³/mol. The molecular formula is C23H20ClN3O4. The van der Waals surface area contributed by atoms with Gasteiger partial charge >= 0.3 is 5.97 Å². The molecule has 31 heavy (non-hydrogen) atoms. The van der Waals surface area contributed by atoms with E-state index >= 15 is 0 Å². The Balaban J connectivity index is 1.85. The quantitative estimate of drug-likeness (QED) is 0.337. The summed E-state index contributed by atoms with van der Waals surface area (Å²) in [5.74, 6) is -0.322. The molecule has 1 aromatic carbocycles. The van der Waals surface area contributed by atoms with Gasteiger partial charge in [-0.15, -0.1) is 0 Å². The van der Waals surface area contributed by atoms with Gasteiger partial charge in [-0.25, -0.2) is 4.79 Å². The van der Waals surface area contributed by atoms with E-state index in [0.29, 0.717) is 17.1 Å². The number of rotatable bonds is 6. The second-order valence-corrected chi connectivity index (χ2v) is 7.09. The van der Waals surface area contributed by atoms with E-state index in [0.717, 1.165) is 11.4 Å². The molecule has 0 aliphatic carbocycles. The normalized spacial score (nSPS) is 11.1. The SMILES string of the molecule is CCOC(=O)c1cc(-c2ccc(/C=C(/C#N)C(=O)Nn3c(C)ccc3C)o2)ccc1Cl. The Bertz CT molecular complexity index is 1190. The number of carbonyl (C=O) groups excluding carboxylic acids is 2. The number of ether oxygens (including phenoxy) is 1. The summed E-state index contributed by atoms with van der Waals surface area (Å²) in [6.45, 7) is 5.63. The third-order valence-electron chi connectivity index (χ3n) is 4.51. The van der Waals surface area contributed by atoms with Gasteiger partial charge in [-0.1, -0.05) is 11.6 Å². The van der Waals surface area contributed by atoms with Gasteiger partial charge in [-0.05, 0) is 63.2 Å². The van der Waals surface area contributed by atoms with E-state index in [-0.39, 0.29) is 22.8 Å². The van der Waals surface area contributed by atoms with Crippen LogP contribution in [0, 0.1) is 25.2 Å². The largest absolute Gasteiger partial charge is 0.462 e. The maximum absolute atomic E-state index is 12.5. The molecule has 0 atom stereocenters. The lowest BCUT2D eigenvalue weighted by Crippen LogP contribution is -2.25. The van der Waals surface area contributed by atoms with Crippen LogP contribution in [-0.4, -0.2) is 23.2 Å². The summed E-state index contributed by atoms with van der Waals surface area (Å²) in [7, 11) is 0. The molecule has 0 saturated carbocycles. The molecule has 1 amide bonds. The average Bonchev–Trinajstić information content (AvgIpc) is 3.34. The molecule has 1 N–H and O–H groups in total. The second kappa shape index (κ2) is 9.37. The molecule has 3 aromatic rings. The topological polar surface area (TPSA) is 97.3 Å². The number of carbonyl (C=O) groups is 2. The van der Waals surface area contributed by atoms with Gasteiger partial charge in [0.25, 0.3) is 5.91 Å². The molecular weight excluding hydrogens is 418 g/mol. The highest BCUT2D eigenvalue weighted by molar-refractivity contribution is 6.33. The lowest BCUT2D eigenvalue weighted by molar-refractivity contribution is -0.113. The molecule has 0 saturated heterocycles. The third-order valence-corrected chi connectivity index (χ3v) is 4.84. The molecule has 3 rings (SSSR count). The van der Waals surface area contributed by atoms with Gasteiger partial charge in [0, 0.05) is 23.0 Å². The molecule has 158 valence electrons. The monoisotopic (exact) mass is 437 g/mol. The summed E-state index contributed by atoms with van der Waals surface area (Å²) in [5, 5.41) is 9.70. The van der Waals surface area contributed by atoms with Crippen LogP contribution in [0.25, 0.3) is 17.4 Å². The fourth-order valence-electron chi connectivity index (χ4n) is 2.93. The number of amides is 1. The minimum Gasteiger partial charge on any atom is -0.462 e. The number of aryl methyl sites for hydroxylation is 2.